The van der Waals surface area contributed by atoms with Crippen LogP contribution in [0.1, 0.15) is 72.1 Å². The third kappa shape index (κ3) is 2.15. The molecule has 14 heavy (non-hydrogen) atoms. The Bertz CT molecular complexity index is 182. The van der Waals surface area contributed by atoms with Crippen molar-refractivity contribution in [3.8, 4) is 0 Å². The Labute approximate surface area is 89.5 Å². The second kappa shape index (κ2) is 3.54. The highest BCUT2D eigenvalue weighted by molar-refractivity contribution is 4.91. The summed E-state index contributed by atoms with van der Waals surface area (Å²) in [6.07, 6.45) is 12.1. The molecule has 2 fully saturated rings. The minimum absolute atomic E-state index is 0.647. The van der Waals surface area contributed by atoms with E-state index in [0.29, 0.717) is 5.41 Å². The second-order valence-corrected chi connectivity index (χ2v) is 6.85. The quantitative estimate of drug-likeness (QED) is 0.520. The van der Waals surface area contributed by atoms with Crippen LogP contribution in [0.2, 0.25) is 0 Å². The summed E-state index contributed by atoms with van der Waals surface area (Å²) in [4.78, 5) is 0. The SMILES string of the molecule is CC1CCC2(CC1)CCC(C)(C)CC2. The van der Waals surface area contributed by atoms with E-state index in [9.17, 15) is 0 Å². The van der Waals surface area contributed by atoms with Crippen LogP contribution < -0.4 is 0 Å². The summed E-state index contributed by atoms with van der Waals surface area (Å²) in [5.74, 6) is 1.01. The van der Waals surface area contributed by atoms with Crippen LogP contribution in [0.25, 0.3) is 0 Å². The summed E-state index contributed by atoms with van der Waals surface area (Å²) in [5, 5.41) is 0. The van der Waals surface area contributed by atoms with Crippen molar-refractivity contribution in [2.75, 3.05) is 0 Å². The van der Waals surface area contributed by atoms with Crippen LogP contribution in [0.4, 0.5) is 0 Å². The summed E-state index contributed by atoms with van der Waals surface area (Å²) in [6.45, 7) is 7.33. The first-order valence-corrected chi connectivity index (χ1v) is 6.52. The molecule has 0 amide bonds. The molecule has 0 unspecified atom stereocenters. The Morgan fingerprint density at radius 3 is 1.79 bits per heavy atom. The van der Waals surface area contributed by atoms with E-state index in [1.165, 1.54) is 51.4 Å². The van der Waals surface area contributed by atoms with Crippen LogP contribution in [0, 0.1) is 16.7 Å². The summed E-state index contributed by atoms with van der Waals surface area (Å²) < 4.78 is 0. The number of hydrogen-bond acceptors (Lipinski definition) is 0. The fourth-order valence-electron chi connectivity index (χ4n) is 3.33. The van der Waals surface area contributed by atoms with Gasteiger partial charge in [0.25, 0.3) is 0 Å². The largest absolute Gasteiger partial charge is 0.0625 e. The normalized spacial score (nSPS) is 31.9. The molecule has 1 spiro atoms. The highest BCUT2D eigenvalue weighted by atomic mass is 14.4. The molecule has 0 bridgehead atoms. The monoisotopic (exact) mass is 194 g/mol. The highest BCUT2D eigenvalue weighted by Gasteiger charge is 2.39. The average Bonchev–Trinajstić information content (AvgIpc) is 2.16. The predicted octanol–water partition coefficient (Wildman–Crippen LogP) is 4.78. The van der Waals surface area contributed by atoms with Crippen molar-refractivity contribution in [2.45, 2.75) is 72.1 Å². The fraction of sp³-hybridized carbons (Fsp3) is 1.00. The van der Waals surface area contributed by atoms with Gasteiger partial charge < -0.3 is 0 Å². The average molecular weight is 194 g/mol. The van der Waals surface area contributed by atoms with Crippen molar-refractivity contribution in [1.82, 2.24) is 0 Å². The van der Waals surface area contributed by atoms with E-state index in [2.05, 4.69) is 20.8 Å². The minimum Gasteiger partial charge on any atom is -0.0625 e. The maximum Gasteiger partial charge on any atom is -0.0297 e. The maximum atomic E-state index is 2.45. The van der Waals surface area contributed by atoms with E-state index in [0.717, 1.165) is 11.3 Å². The molecule has 0 N–H and O–H groups in total. The topological polar surface area (TPSA) is 0 Å². The van der Waals surface area contributed by atoms with Crippen LogP contribution >= 0.6 is 0 Å². The Hall–Kier alpha value is 0. The molecule has 0 heterocycles. The van der Waals surface area contributed by atoms with Gasteiger partial charge in [-0.05, 0) is 55.3 Å². The lowest BCUT2D eigenvalue weighted by atomic mass is 9.59. The molecule has 0 aromatic rings. The first kappa shape index (κ1) is 10.5. The Kier molecular flexibility index (Phi) is 2.66. The van der Waals surface area contributed by atoms with Gasteiger partial charge in [0, 0.05) is 0 Å². The van der Waals surface area contributed by atoms with E-state index in [1.54, 1.807) is 0 Å². The van der Waals surface area contributed by atoms with E-state index in [1.807, 2.05) is 0 Å². The fourth-order valence-corrected chi connectivity index (χ4v) is 3.33. The summed E-state index contributed by atoms with van der Waals surface area (Å²) in [6, 6.07) is 0. The van der Waals surface area contributed by atoms with Crippen molar-refractivity contribution in [3.63, 3.8) is 0 Å². The molecule has 2 rings (SSSR count). The van der Waals surface area contributed by atoms with Crippen molar-refractivity contribution < 1.29 is 0 Å². The Morgan fingerprint density at radius 2 is 1.29 bits per heavy atom. The van der Waals surface area contributed by atoms with Gasteiger partial charge in [-0.2, -0.15) is 0 Å². The molecule has 0 atom stereocenters. The minimum atomic E-state index is 0.647. The smallest absolute Gasteiger partial charge is 0.0297 e. The third-order valence-corrected chi connectivity index (χ3v) is 5.00. The summed E-state index contributed by atoms with van der Waals surface area (Å²) >= 11 is 0. The predicted molar refractivity (Wildman–Crippen MR) is 62.3 cm³/mol. The standard InChI is InChI=1S/C14H26/c1-12-4-6-14(7-5-12)10-8-13(2,3)9-11-14/h12H,4-11H2,1-3H3. The van der Waals surface area contributed by atoms with Gasteiger partial charge >= 0.3 is 0 Å². The number of hydrogen-bond donors (Lipinski definition) is 0. The van der Waals surface area contributed by atoms with Crippen LogP contribution in [-0.2, 0) is 0 Å². The maximum absolute atomic E-state index is 2.45. The molecule has 0 aliphatic heterocycles. The molecular weight excluding hydrogens is 168 g/mol. The van der Waals surface area contributed by atoms with E-state index in [-0.39, 0.29) is 0 Å². The molecule has 2 aliphatic carbocycles. The molecule has 82 valence electrons. The molecule has 0 nitrogen and oxygen atoms in total. The zero-order valence-electron chi connectivity index (χ0n) is 10.2. The Morgan fingerprint density at radius 1 is 0.786 bits per heavy atom. The van der Waals surface area contributed by atoms with Crippen molar-refractivity contribution in [3.05, 3.63) is 0 Å². The van der Waals surface area contributed by atoms with Gasteiger partial charge in [0.2, 0.25) is 0 Å². The lowest BCUT2D eigenvalue weighted by Gasteiger charge is -2.47. The first-order valence-electron chi connectivity index (χ1n) is 6.52. The van der Waals surface area contributed by atoms with E-state index >= 15 is 0 Å². The van der Waals surface area contributed by atoms with Crippen LogP contribution in [0.5, 0.6) is 0 Å². The van der Waals surface area contributed by atoms with Gasteiger partial charge in [0.15, 0.2) is 0 Å². The van der Waals surface area contributed by atoms with E-state index in [4.69, 9.17) is 0 Å². The lowest BCUT2D eigenvalue weighted by Crippen LogP contribution is -2.34. The van der Waals surface area contributed by atoms with Gasteiger partial charge in [-0.3, -0.25) is 0 Å². The summed E-state index contributed by atoms with van der Waals surface area (Å²) in [7, 11) is 0. The van der Waals surface area contributed by atoms with Gasteiger partial charge in [-0.15, -0.1) is 0 Å². The lowest BCUT2D eigenvalue weighted by molar-refractivity contribution is 0.0511. The molecule has 0 saturated heterocycles. The van der Waals surface area contributed by atoms with Crippen molar-refractivity contribution in [1.29, 1.82) is 0 Å². The van der Waals surface area contributed by atoms with Gasteiger partial charge in [0.1, 0.15) is 0 Å². The molecule has 0 aromatic carbocycles. The zero-order chi connectivity index (χ0) is 10.2. The highest BCUT2D eigenvalue weighted by Crippen LogP contribution is 2.52. The molecular formula is C14H26. The summed E-state index contributed by atoms with van der Waals surface area (Å²) in [5.41, 5.74) is 1.44. The molecule has 0 aromatic heterocycles. The van der Waals surface area contributed by atoms with Gasteiger partial charge in [-0.1, -0.05) is 33.6 Å². The van der Waals surface area contributed by atoms with E-state index < -0.39 is 0 Å². The Balaban J connectivity index is 1.93. The molecule has 0 heteroatoms. The van der Waals surface area contributed by atoms with Crippen molar-refractivity contribution in [2.24, 2.45) is 16.7 Å². The van der Waals surface area contributed by atoms with Gasteiger partial charge in [-0.25, -0.2) is 0 Å². The molecule has 0 radical (unpaired) electrons. The molecule has 2 saturated carbocycles. The van der Waals surface area contributed by atoms with Crippen molar-refractivity contribution >= 4 is 0 Å². The first-order chi connectivity index (χ1) is 6.52. The zero-order valence-corrected chi connectivity index (χ0v) is 10.2. The van der Waals surface area contributed by atoms with Crippen LogP contribution in [0.15, 0.2) is 0 Å². The van der Waals surface area contributed by atoms with Crippen LogP contribution in [-0.4, -0.2) is 0 Å². The third-order valence-electron chi connectivity index (χ3n) is 5.00. The number of rotatable bonds is 0. The van der Waals surface area contributed by atoms with Gasteiger partial charge in [0.05, 0.1) is 0 Å². The second-order valence-electron chi connectivity index (χ2n) is 6.85. The molecule has 2 aliphatic rings. The van der Waals surface area contributed by atoms with Crippen LogP contribution in [0.3, 0.4) is 0 Å².